The first-order chi connectivity index (χ1) is 9.52. The number of amides is 1. The number of benzene rings is 1. The van der Waals surface area contributed by atoms with E-state index in [-0.39, 0.29) is 17.7 Å². The molecule has 0 aliphatic heterocycles. The molecule has 0 aromatic heterocycles. The van der Waals surface area contributed by atoms with Gasteiger partial charge in [0.2, 0.25) is 5.91 Å². The van der Waals surface area contributed by atoms with Gasteiger partial charge in [-0.25, -0.2) is 0 Å². The highest BCUT2D eigenvalue weighted by molar-refractivity contribution is 5.92. The Morgan fingerprint density at radius 2 is 2.10 bits per heavy atom. The van der Waals surface area contributed by atoms with Crippen LogP contribution in [0.1, 0.15) is 12.5 Å². The molecule has 0 spiro atoms. The Bertz CT molecular complexity index is 463. The first kappa shape index (κ1) is 16.1. The van der Waals surface area contributed by atoms with Crippen LogP contribution in [0.25, 0.3) is 6.08 Å². The van der Waals surface area contributed by atoms with Crippen LogP contribution in [0.15, 0.2) is 30.3 Å². The van der Waals surface area contributed by atoms with Gasteiger partial charge in [-0.2, -0.15) is 8.78 Å². The van der Waals surface area contributed by atoms with E-state index in [1.54, 1.807) is 25.1 Å². The maximum atomic E-state index is 12.2. The summed E-state index contributed by atoms with van der Waals surface area (Å²) < 4.78 is 33.7. The van der Waals surface area contributed by atoms with Gasteiger partial charge in [-0.15, -0.1) is 0 Å². The number of hydrogen-bond acceptors (Lipinski definition) is 3. The Labute approximate surface area is 116 Å². The highest BCUT2D eigenvalue weighted by Crippen LogP contribution is 2.21. The number of carbonyl (C=O) groups excluding carboxylic acids is 1. The van der Waals surface area contributed by atoms with Gasteiger partial charge in [0.1, 0.15) is 5.75 Å². The number of alkyl halides is 2. The molecule has 110 valence electrons. The molecule has 0 saturated heterocycles. The molecular weight excluding hydrogens is 268 g/mol. The minimum Gasteiger partial charge on any atom is -0.434 e. The molecule has 0 aliphatic rings. The number of rotatable bonds is 7. The van der Waals surface area contributed by atoms with Crippen LogP contribution in [0.3, 0.4) is 0 Å². The molecule has 6 heteroatoms. The molecule has 1 atom stereocenters. The van der Waals surface area contributed by atoms with Crippen LogP contribution in [0.2, 0.25) is 0 Å². The van der Waals surface area contributed by atoms with E-state index in [0.29, 0.717) is 12.2 Å². The van der Waals surface area contributed by atoms with E-state index in [0.717, 1.165) is 0 Å². The minimum absolute atomic E-state index is 0.0245. The number of carbonyl (C=O) groups is 1. The molecule has 0 bridgehead atoms. The monoisotopic (exact) mass is 285 g/mol. The Kier molecular flexibility index (Phi) is 6.66. The number of para-hydroxylation sites is 1. The summed E-state index contributed by atoms with van der Waals surface area (Å²) in [7, 11) is 1.54. The summed E-state index contributed by atoms with van der Waals surface area (Å²) in [6.45, 7) is -0.714. The van der Waals surface area contributed by atoms with Gasteiger partial charge in [0, 0.05) is 24.8 Å². The van der Waals surface area contributed by atoms with Crippen molar-refractivity contribution >= 4 is 12.0 Å². The molecule has 1 amide bonds. The first-order valence-corrected chi connectivity index (χ1v) is 6.04. The van der Waals surface area contributed by atoms with Crippen LogP contribution < -0.4 is 10.1 Å². The molecule has 1 N–H and O–H groups in total. The Morgan fingerprint density at radius 1 is 1.40 bits per heavy atom. The fraction of sp³-hybridized carbons (Fsp3) is 0.357. The molecule has 1 aromatic carbocycles. The van der Waals surface area contributed by atoms with Crippen LogP contribution in [-0.4, -0.2) is 32.3 Å². The fourth-order valence-corrected chi connectivity index (χ4v) is 1.57. The second-order valence-corrected chi connectivity index (χ2v) is 4.11. The Morgan fingerprint density at radius 3 is 2.75 bits per heavy atom. The van der Waals surface area contributed by atoms with E-state index in [9.17, 15) is 13.6 Å². The zero-order chi connectivity index (χ0) is 15.0. The lowest BCUT2D eigenvalue weighted by atomic mass is 10.2. The molecule has 0 fully saturated rings. The number of nitrogens with one attached hydrogen (secondary N) is 1. The zero-order valence-corrected chi connectivity index (χ0v) is 11.3. The van der Waals surface area contributed by atoms with E-state index in [1.165, 1.54) is 25.3 Å². The van der Waals surface area contributed by atoms with Crippen LogP contribution in [-0.2, 0) is 9.53 Å². The van der Waals surface area contributed by atoms with Gasteiger partial charge in [0.25, 0.3) is 0 Å². The van der Waals surface area contributed by atoms with Crippen LogP contribution in [0.5, 0.6) is 5.75 Å². The lowest BCUT2D eigenvalue weighted by Crippen LogP contribution is -2.34. The van der Waals surface area contributed by atoms with Gasteiger partial charge in [0.15, 0.2) is 0 Å². The molecular formula is C14H17F2NO3. The molecule has 1 rings (SSSR count). The second-order valence-electron chi connectivity index (χ2n) is 4.11. The molecule has 0 radical (unpaired) electrons. The molecule has 1 unspecified atom stereocenters. The van der Waals surface area contributed by atoms with Crippen molar-refractivity contribution in [2.75, 3.05) is 13.7 Å². The average Bonchev–Trinajstić information content (AvgIpc) is 2.37. The quantitative estimate of drug-likeness (QED) is 0.783. The van der Waals surface area contributed by atoms with Crippen LogP contribution >= 0.6 is 0 Å². The molecule has 4 nitrogen and oxygen atoms in total. The summed E-state index contributed by atoms with van der Waals surface area (Å²) in [6, 6.07) is 6.11. The van der Waals surface area contributed by atoms with E-state index in [4.69, 9.17) is 4.74 Å². The third-order valence-corrected chi connectivity index (χ3v) is 2.35. The predicted molar refractivity (Wildman–Crippen MR) is 71.6 cm³/mol. The third kappa shape index (κ3) is 5.79. The largest absolute Gasteiger partial charge is 0.434 e. The highest BCUT2D eigenvalue weighted by Gasteiger charge is 2.08. The van der Waals surface area contributed by atoms with Crippen molar-refractivity contribution in [2.45, 2.75) is 19.6 Å². The molecule has 0 saturated carbocycles. The van der Waals surface area contributed by atoms with Crippen LogP contribution in [0.4, 0.5) is 8.78 Å². The second kappa shape index (κ2) is 8.27. The average molecular weight is 285 g/mol. The maximum Gasteiger partial charge on any atom is 0.387 e. The zero-order valence-electron chi connectivity index (χ0n) is 11.3. The van der Waals surface area contributed by atoms with E-state index < -0.39 is 6.61 Å². The summed E-state index contributed by atoms with van der Waals surface area (Å²) >= 11 is 0. The van der Waals surface area contributed by atoms with Crippen molar-refractivity contribution in [1.82, 2.24) is 5.32 Å². The SMILES string of the molecule is COCC(C)NC(=O)/C=C/c1ccccc1OC(F)F. The van der Waals surface area contributed by atoms with Gasteiger partial charge in [-0.05, 0) is 19.1 Å². The molecule has 1 aromatic rings. The van der Waals surface area contributed by atoms with Gasteiger partial charge in [-0.1, -0.05) is 18.2 Å². The molecule has 0 heterocycles. The van der Waals surface area contributed by atoms with Crippen molar-refractivity contribution in [2.24, 2.45) is 0 Å². The summed E-state index contributed by atoms with van der Waals surface area (Å²) in [6.07, 6.45) is 2.69. The highest BCUT2D eigenvalue weighted by atomic mass is 19.3. The standard InChI is InChI=1S/C14H17F2NO3/c1-10(9-19-2)17-13(18)8-7-11-5-3-4-6-12(11)20-14(15)16/h3-8,10,14H,9H2,1-2H3,(H,17,18)/b8-7+. The van der Waals surface area contributed by atoms with Crippen molar-refractivity contribution < 1.29 is 23.0 Å². The van der Waals surface area contributed by atoms with Crippen molar-refractivity contribution in [3.05, 3.63) is 35.9 Å². The first-order valence-electron chi connectivity index (χ1n) is 6.04. The summed E-state index contributed by atoms with van der Waals surface area (Å²) in [5.41, 5.74) is 0.405. The van der Waals surface area contributed by atoms with Crippen molar-refractivity contribution in [1.29, 1.82) is 0 Å². The van der Waals surface area contributed by atoms with E-state index in [2.05, 4.69) is 10.1 Å². The predicted octanol–water partition coefficient (Wildman–Crippen LogP) is 2.45. The Hall–Kier alpha value is -1.95. The lowest BCUT2D eigenvalue weighted by Gasteiger charge is -2.10. The van der Waals surface area contributed by atoms with Crippen molar-refractivity contribution in [3.63, 3.8) is 0 Å². The topological polar surface area (TPSA) is 47.6 Å². The number of halogens is 2. The van der Waals surface area contributed by atoms with Crippen molar-refractivity contribution in [3.8, 4) is 5.75 Å². The lowest BCUT2D eigenvalue weighted by molar-refractivity contribution is -0.117. The fourth-order valence-electron chi connectivity index (χ4n) is 1.57. The number of ether oxygens (including phenoxy) is 2. The Balaban J connectivity index is 2.67. The van der Waals surface area contributed by atoms with Gasteiger partial charge < -0.3 is 14.8 Å². The van der Waals surface area contributed by atoms with E-state index in [1.807, 2.05) is 0 Å². The molecule has 0 aliphatic carbocycles. The smallest absolute Gasteiger partial charge is 0.387 e. The third-order valence-electron chi connectivity index (χ3n) is 2.35. The normalized spacial score (nSPS) is 12.7. The van der Waals surface area contributed by atoms with Gasteiger partial charge in [0.05, 0.1) is 6.61 Å². The van der Waals surface area contributed by atoms with E-state index >= 15 is 0 Å². The summed E-state index contributed by atoms with van der Waals surface area (Å²) in [4.78, 5) is 11.6. The molecule has 20 heavy (non-hydrogen) atoms. The minimum atomic E-state index is -2.90. The van der Waals surface area contributed by atoms with Gasteiger partial charge >= 0.3 is 6.61 Å². The summed E-state index contributed by atoms with van der Waals surface area (Å²) in [5, 5.41) is 2.67. The summed E-state index contributed by atoms with van der Waals surface area (Å²) in [5.74, 6) is -0.308. The van der Waals surface area contributed by atoms with Crippen LogP contribution in [0, 0.1) is 0 Å². The number of methoxy groups -OCH3 is 1. The van der Waals surface area contributed by atoms with Gasteiger partial charge in [-0.3, -0.25) is 4.79 Å². The maximum absolute atomic E-state index is 12.2. The number of hydrogen-bond donors (Lipinski definition) is 1.